The second-order valence-corrected chi connectivity index (χ2v) is 6.53. The quantitative estimate of drug-likeness (QED) is 0.868. The summed E-state index contributed by atoms with van der Waals surface area (Å²) in [6.07, 6.45) is 3.58. The molecule has 1 aromatic rings. The molecule has 1 amide bonds. The van der Waals surface area contributed by atoms with Gasteiger partial charge in [0, 0.05) is 18.3 Å². The molecule has 3 nitrogen and oxygen atoms in total. The lowest BCUT2D eigenvalue weighted by Gasteiger charge is -2.33. The predicted octanol–water partition coefficient (Wildman–Crippen LogP) is 3.14. The Morgan fingerprint density at radius 3 is 2.85 bits per heavy atom. The molecule has 1 aliphatic carbocycles. The first-order chi connectivity index (χ1) is 9.65. The Balaban J connectivity index is 1.66. The van der Waals surface area contributed by atoms with E-state index in [-0.39, 0.29) is 11.8 Å². The zero-order valence-corrected chi connectivity index (χ0v) is 12.4. The fourth-order valence-electron chi connectivity index (χ4n) is 3.68. The summed E-state index contributed by atoms with van der Waals surface area (Å²) in [5.41, 5.74) is 2.25. The molecule has 0 radical (unpaired) electrons. The summed E-state index contributed by atoms with van der Waals surface area (Å²) < 4.78 is 0. The van der Waals surface area contributed by atoms with Gasteiger partial charge in [0.2, 0.25) is 5.91 Å². The van der Waals surface area contributed by atoms with Gasteiger partial charge >= 0.3 is 0 Å². The number of carbonyl (C=O) groups excluding carboxylic acids is 1. The van der Waals surface area contributed by atoms with Gasteiger partial charge in [0.15, 0.2) is 0 Å². The van der Waals surface area contributed by atoms with Crippen molar-refractivity contribution in [3.63, 3.8) is 0 Å². The summed E-state index contributed by atoms with van der Waals surface area (Å²) >= 11 is 0. The van der Waals surface area contributed by atoms with Crippen molar-refractivity contribution in [3.05, 3.63) is 29.8 Å². The number of benzene rings is 1. The molecule has 2 aliphatic rings. The standard InChI is InChI=1S/C17H24N2O/c1-11-7-8-15(12(2)9-11)19-17(20)14-10-18-16-6-4-3-5-13(14)16/h3-6,11-12,14-15,18H,7-10H2,1-2H3,(H,19,20). The maximum Gasteiger partial charge on any atom is 0.229 e. The average Bonchev–Trinajstić information content (AvgIpc) is 2.86. The molecule has 0 bridgehead atoms. The topological polar surface area (TPSA) is 41.1 Å². The largest absolute Gasteiger partial charge is 0.384 e. The van der Waals surface area contributed by atoms with Gasteiger partial charge in [-0.15, -0.1) is 0 Å². The van der Waals surface area contributed by atoms with Crippen molar-refractivity contribution < 1.29 is 4.79 Å². The molecule has 1 aromatic carbocycles. The van der Waals surface area contributed by atoms with E-state index in [4.69, 9.17) is 0 Å². The molecule has 0 saturated heterocycles. The molecule has 1 aliphatic heterocycles. The van der Waals surface area contributed by atoms with Crippen LogP contribution in [0.5, 0.6) is 0 Å². The second kappa shape index (κ2) is 5.47. The molecule has 108 valence electrons. The average molecular weight is 272 g/mol. The van der Waals surface area contributed by atoms with Gasteiger partial charge in [0.25, 0.3) is 0 Å². The number of fused-ring (bicyclic) bond motifs is 1. The summed E-state index contributed by atoms with van der Waals surface area (Å²) in [5, 5.41) is 6.62. The lowest BCUT2D eigenvalue weighted by Crippen LogP contribution is -2.44. The fourth-order valence-corrected chi connectivity index (χ4v) is 3.68. The van der Waals surface area contributed by atoms with Crippen LogP contribution in [0.15, 0.2) is 24.3 Å². The van der Waals surface area contributed by atoms with Crippen molar-refractivity contribution in [3.8, 4) is 0 Å². The van der Waals surface area contributed by atoms with Gasteiger partial charge in [0.05, 0.1) is 5.92 Å². The molecule has 0 aromatic heterocycles. The molecule has 0 spiro atoms. The van der Waals surface area contributed by atoms with Gasteiger partial charge in [-0.2, -0.15) is 0 Å². The van der Waals surface area contributed by atoms with Gasteiger partial charge < -0.3 is 10.6 Å². The number of anilines is 1. The number of hydrogen-bond acceptors (Lipinski definition) is 2. The molecule has 2 N–H and O–H groups in total. The third kappa shape index (κ3) is 2.54. The van der Waals surface area contributed by atoms with Crippen LogP contribution in [0.25, 0.3) is 0 Å². The number of hydrogen-bond donors (Lipinski definition) is 2. The molecule has 3 rings (SSSR count). The van der Waals surface area contributed by atoms with E-state index in [9.17, 15) is 4.79 Å². The minimum Gasteiger partial charge on any atom is -0.384 e. The van der Waals surface area contributed by atoms with E-state index in [1.165, 1.54) is 12.8 Å². The molecular weight excluding hydrogens is 248 g/mol. The van der Waals surface area contributed by atoms with Gasteiger partial charge in [0.1, 0.15) is 0 Å². The van der Waals surface area contributed by atoms with E-state index in [2.05, 4.69) is 30.5 Å². The number of rotatable bonds is 2. The van der Waals surface area contributed by atoms with Crippen LogP contribution < -0.4 is 10.6 Å². The Hall–Kier alpha value is -1.51. The van der Waals surface area contributed by atoms with Crippen LogP contribution in [0.4, 0.5) is 5.69 Å². The Morgan fingerprint density at radius 1 is 1.25 bits per heavy atom. The zero-order chi connectivity index (χ0) is 14.1. The van der Waals surface area contributed by atoms with Crippen LogP contribution in [-0.4, -0.2) is 18.5 Å². The lowest BCUT2D eigenvalue weighted by atomic mass is 9.79. The van der Waals surface area contributed by atoms with Crippen molar-refractivity contribution in [1.82, 2.24) is 5.32 Å². The van der Waals surface area contributed by atoms with Crippen molar-refractivity contribution in [2.24, 2.45) is 11.8 Å². The molecule has 1 fully saturated rings. The number of amides is 1. The highest BCUT2D eigenvalue weighted by atomic mass is 16.2. The maximum atomic E-state index is 12.6. The molecule has 20 heavy (non-hydrogen) atoms. The molecular formula is C17H24N2O. The van der Waals surface area contributed by atoms with Gasteiger partial charge in [-0.3, -0.25) is 4.79 Å². The zero-order valence-electron chi connectivity index (χ0n) is 12.4. The highest BCUT2D eigenvalue weighted by Gasteiger charge is 2.32. The van der Waals surface area contributed by atoms with Gasteiger partial charge in [-0.25, -0.2) is 0 Å². The van der Waals surface area contributed by atoms with Crippen LogP contribution in [0.3, 0.4) is 0 Å². The number of nitrogens with one attached hydrogen (secondary N) is 2. The first kappa shape index (κ1) is 13.5. The molecule has 3 heteroatoms. The summed E-state index contributed by atoms with van der Waals surface area (Å²) in [7, 11) is 0. The normalized spacial score (nSPS) is 32.3. The van der Waals surface area contributed by atoms with Crippen LogP contribution in [-0.2, 0) is 4.79 Å². The summed E-state index contributed by atoms with van der Waals surface area (Å²) in [5.74, 6) is 1.55. The van der Waals surface area contributed by atoms with Crippen molar-refractivity contribution in [1.29, 1.82) is 0 Å². The third-order valence-electron chi connectivity index (χ3n) is 4.91. The van der Waals surface area contributed by atoms with Crippen molar-refractivity contribution in [2.45, 2.75) is 45.1 Å². The SMILES string of the molecule is CC1CCC(NC(=O)C2CNc3ccccc32)C(C)C1. The van der Waals surface area contributed by atoms with E-state index in [0.29, 0.717) is 12.0 Å². The minimum atomic E-state index is -0.0299. The van der Waals surface area contributed by atoms with E-state index in [1.54, 1.807) is 0 Å². The molecule has 4 atom stereocenters. The van der Waals surface area contributed by atoms with Gasteiger partial charge in [-0.1, -0.05) is 32.0 Å². The fraction of sp³-hybridized carbons (Fsp3) is 0.588. The van der Waals surface area contributed by atoms with E-state index >= 15 is 0 Å². The highest BCUT2D eigenvalue weighted by Crippen LogP contribution is 2.33. The summed E-state index contributed by atoms with van der Waals surface area (Å²) in [4.78, 5) is 12.6. The van der Waals surface area contributed by atoms with Crippen molar-refractivity contribution in [2.75, 3.05) is 11.9 Å². The Morgan fingerprint density at radius 2 is 2.05 bits per heavy atom. The monoisotopic (exact) mass is 272 g/mol. The van der Waals surface area contributed by atoms with Crippen LogP contribution in [0.2, 0.25) is 0 Å². The van der Waals surface area contributed by atoms with Crippen LogP contribution in [0.1, 0.15) is 44.6 Å². The number of para-hydroxylation sites is 1. The first-order valence-corrected chi connectivity index (χ1v) is 7.78. The Kier molecular flexibility index (Phi) is 3.68. The van der Waals surface area contributed by atoms with Gasteiger partial charge in [-0.05, 0) is 42.7 Å². The molecule has 1 saturated carbocycles. The van der Waals surface area contributed by atoms with E-state index in [0.717, 1.165) is 30.1 Å². The summed E-state index contributed by atoms with van der Waals surface area (Å²) in [6.45, 7) is 5.30. The Labute approximate surface area is 121 Å². The Bertz CT molecular complexity index is 500. The van der Waals surface area contributed by atoms with Crippen molar-refractivity contribution >= 4 is 11.6 Å². The smallest absolute Gasteiger partial charge is 0.229 e. The highest BCUT2D eigenvalue weighted by molar-refractivity contribution is 5.88. The van der Waals surface area contributed by atoms with E-state index in [1.807, 2.05) is 18.2 Å². The maximum absolute atomic E-state index is 12.6. The lowest BCUT2D eigenvalue weighted by molar-refractivity contribution is -0.123. The second-order valence-electron chi connectivity index (χ2n) is 6.53. The molecule has 4 unspecified atom stereocenters. The third-order valence-corrected chi connectivity index (χ3v) is 4.91. The van der Waals surface area contributed by atoms with E-state index < -0.39 is 0 Å². The summed E-state index contributed by atoms with van der Waals surface area (Å²) in [6, 6.07) is 8.49. The first-order valence-electron chi connectivity index (χ1n) is 7.78. The molecule has 1 heterocycles. The minimum absolute atomic E-state index is 0.0299. The number of carbonyl (C=O) groups is 1. The van der Waals surface area contributed by atoms with Crippen LogP contribution in [0, 0.1) is 11.8 Å². The predicted molar refractivity (Wildman–Crippen MR) is 81.8 cm³/mol. The van der Waals surface area contributed by atoms with Crippen LogP contribution >= 0.6 is 0 Å².